The number of anilines is 1. The predicted molar refractivity (Wildman–Crippen MR) is 64.0 cm³/mol. The van der Waals surface area contributed by atoms with E-state index in [1.54, 1.807) is 6.92 Å². The lowest BCUT2D eigenvalue weighted by Crippen LogP contribution is -2.16. The molecule has 0 amide bonds. The van der Waals surface area contributed by atoms with E-state index in [2.05, 4.69) is 15.3 Å². The van der Waals surface area contributed by atoms with Gasteiger partial charge in [-0.05, 0) is 6.92 Å². The van der Waals surface area contributed by atoms with Gasteiger partial charge in [-0.3, -0.25) is 9.59 Å². The molecule has 0 atom stereocenters. The molecule has 0 aliphatic carbocycles. The van der Waals surface area contributed by atoms with E-state index >= 15 is 0 Å². The summed E-state index contributed by atoms with van der Waals surface area (Å²) in [5, 5.41) is 2.92. The maximum Gasteiger partial charge on any atom is 0.307 e. The highest BCUT2D eigenvalue weighted by molar-refractivity contribution is 5.69. The second-order valence-corrected chi connectivity index (χ2v) is 3.41. The third kappa shape index (κ3) is 4.67. The average molecular weight is 239 g/mol. The number of esters is 1. The van der Waals surface area contributed by atoms with Gasteiger partial charge in [0.05, 0.1) is 13.0 Å². The second-order valence-electron chi connectivity index (χ2n) is 3.41. The van der Waals surface area contributed by atoms with E-state index in [1.807, 2.05) is 6.92 Å². The number of hydrogen-bond acceptors (Lipinski definition) is 5. The fourth-order valence-electron chi connectivity index (χ4n) is 1.29. The number of ether oxygens (including phenoxy) is 1. The van der Waals surface area contributed by atoms with Crippen molar-refractivity contribution in [2.45, 2.75) is 26.7 Å². The fraction of sp³-hybridized carbons (Fsp3) is 0.545. The Morgan fingerprint density at radius 3 is 2.94 bits per heavy atom. The largest absolute Gasteiger partial charge is 0.466 e. The topological polar surface area (TPSA) is 84.1 Å². The van der Waals surface area contributed by atoms with E-state index in [-0.39, 0.29) is 17.9 Å². The number of rotatable bonds is 6. The monoisotopic (exact) mass is 239 g/mol. The molecule has 6 nitrogen and oxygen atoms in total. The van der Waals surface area contributed by atoms with Crippen LogP contribution in [-0.2, 0) is 16.0 Å². The van der Waals surface area contributed by atoms with Crippen LogP contribution >= 0.6 is 0 Å². The molecule has 0 aliphatic heterocycles. The SMILES string of the molecule is CCOC(=O)CCNc1cc(=O)[nH]c(CC)n1. The van der Waals surface area contributed by atoms with Gasteiger partial charge in [0, 0.05) is 19.0 Å². The predicted octanol–water partition coefficient (Wildman–Crippen LogP) is 0.697. The number of carbonyl (C=O) groups is 1. The van der Waals surface area contributed by atoms with Crippen molar-refractivity contribution in [3.05, 3.63) is 22.2 Å². The minimum absolute atomic E-state index is 0.199. The van der Waals surface area contributed by atoms with Crippen molar-refractivity contribution in [3.63, 3.8) is 0 Å². The fourth-order valence-corrected chi connectivity index (χ4v) is 1.29. The zero-order chi connectivity index (χ0) is 12.7. The van der Waals surface area contributed by atoms with Gasteiger partial charge in [0.15, 0.2) is 0 Å². The zero-order valence-electron chi connectivity index (χ0n) is 10.1. The Hall–Kier alpha value is -1.85. The maximum atomic E-state index is 11.2. The number of nitrogens with one attached hydrogen (secondary N) is 2. The summed E-state index contributed by atoms with van der Waals surface area (Å²) in [6, 6.07) is 1.37. The van der Waals surface area contributed by atoms with Crippen molar-refractivity contribution in [2.75, 3.05) is 18.5 Å². The normalized spacial score (nSPS) is 10.0. The first-order chi connectivity index (χ1) is 8.15. The lowest BCUT2D eigenvalue weighted by molar-refractivity contribution is -0.142. The van der Waals surface area contributed by atoms with Crippen LogP contribution in [0.1, 0.15) is 26.1 Å². The van der Waals surface area contributed by atoms with Crippen LogP contribution in [0.25, 0.3) is 0 Å². The molecule has 0 radical (unpaired) electrons. The Morgan fingerprint density at radius 2 is 2.29 bits per heavy atom. The third-order valence-corrected chi connectivity index (χ3v) is 2.07. The first kappa shape index (κ1) is 13.2. The maximum absolute atomic E-state index is 11.2. The first-order valence-corrected chi connectivity index (χ1v) is 5.65. The van der Waals surface area contributed by atoms with Crippen LogP contribution in [0.2, 0.25) is 0 Å². The van der Waals surface area contributed by atoms with E-state index in [9.17, 15) is 9.59 Å². The third-order valence-electron chi connectivity index (χ3n) is 2.07. The number of aromatic amines is 1. The number of carbonyl (C=O) groups excluding carboxylic acids is 1. The van der Waals surface area contributed by atoms with E-state index in [1.165, 1.54) is 6.07 Å². The van der Waals surface area contributed by atoms with Crippen molar-refractivity contribution in [3.8, 4) is 0 Å². The number of nitrogens with zero attached hydrogens (tertiary/aromatic N) is 1. The Bertz CT molecular complexity index is 428. The summed E-state index contributed by atoms with van der Waals surface area (Å²) in [7, 11) is 0. The molecule has 6 heteroatoms. The van der Waals surface area contributed by atoms with Crippen molar-refractivity contribution in [2.24, 2.45) is 0 Å². The number of hydrogen-bond donors (Lipinski definition) is 2. The van der Waals surface area contributed by atoms with E-state index < -0.39 is 0 Å². The molecule has 1 aromatic rings. The molecule has 2 N–H and O–H groups in total. The minimum atomic E-state index is -0.263. The molecule has 0 aliphatic rings. The Labute approximate surface area is 99.4 Å². The van der Waals surface area contributed by atoms with E-state index in [0.29, 0.717) is 31.2 Å². The summed E-state index contributed by atoms with van der Waals surface area (Å²) in [5.41, 5.74) is -0.199. The Kier molecular flexibility index (Phi) is 5.19. The first-order valence-electron chi connectivity index (χ1n) is 5.65. The zero-order valence-corrected chi connectivity index (χ0v) is 10.1. The Balaban J connectivity index is 2.49. The molecule has 0 unspecified atom stereocenters. The van der Waals surface area contributed by atoms with Crippen LogP contribution < -0.4 is 10.9 Å². The summed E-state index contributed by atoms with van der Waals surface area (Å²) < 4.78 is 4.78. The highest BCUT2D eigenvalue weighted by atomic mass is 16.5. The molecule has 1 aromatic heterocycles. The van der Waals surface area contributed by atoms with Gasteiger partial charge in [-0.2, -0.15) is 0 Å². The van der Waals surface area contributed by atoms with Crippen molar-refractivity contribution in [1.82, 2.24) is 9.97 Å². The van der Waals surface area contributed by atoms with Crippen LogP contribution in [0, 0.1) is 0 Å². The average Bonchev–Trinajstić information content (AvgIpc) is 2.28. The Morgan fingerprint density at radius 1 is 1.53 bits per heavy atom. The summed E-state index contributed by atoms with van der Waals surface area (Å²) >= 11 is 0. The summed E-state index contributed by atoms with van der Waals surface area (Å²) in [5.74, 6) is 0.839. The number of aryl methyl sites for hydroxylation is 1. The van der Waals surface area contributed by atoms with E-state index in [0.717, 1.165) is 0 Å². The molecular weight excluding hydrogens is 222 g/mol. The molecule has 0 bridgehead atoms. The van der Waals surface area contributed by atoms with Crippen LogP contribution in [0.3, 0.4) is 0 Å². The van der Waals surface area contributed by atoms with Crippen LogP contribution in [0.4, 0.5) is 5.82 Å². The molecule has 94 valence electrons. The van der Waals surface area contributed by atoms with Gasteiger partial charge in [0.2, 0.25) is 0 Å². The number of aromatic nitrogens is 2. The van der Waals surface area contributed by atoms with Gasteiger partial charge >= 0.3 is 5.97 Å². The molecular formula is C11H17N3O3. The lowest BCUT2D eigenvalue weighted by Gasteiger charge is -2.06. The van der Waals surface area contributed by atoms with Gasteiger partial charge in [-0.25, -0.2) is 4.98 Å². The molecule has 0 saturated carbocycles. The van der Waals surface area contributed by atoms with Gasteiger partial charge in [0.1, 0.15) is 11.6 Å². The molecule has 0 aromatic carbocycles. The number of H-pyrrole nitrogens is 1. The molecule has 0 spiro atoms. The summed E-state index contributed by atoms with van der Waals surface area (Å²) in [6.45, 7) is 4.44. The summed E-state index contributed by atoms with van der Waals surface area (Å²) in [4.78, 5) is 29.1. The van der Waals surface area contributed by atoms with Gasteiger partial charge in [-0.1, -0.05) is 6.92 Å². The molecule has 0 fully saturated rings. The molecule has 1 rings (SSSR count). The lowest BCUT2D eigenvalue weighted by atomic mass is 10.4. The highest BCUT2D eigenvalue weighted by Crippen LogP contribution is 1.99. The highest BCUT2D eigenvalue weighted by Gasteiger charge is 2.03. The van der Waals surface area contributed by atoms with Crippen LogP contribution in [0.5, 0.6) is 0 Å². The smallest absolute Gasteiger partial charge is 0.307 e. The quantitative estimate of drug-likeness (QED) is 0.714. The van der Waals surface area contributed by atoms with Crippen molar-refractivity contribution in [1.29, 1.82) is 0 Å². The second kappa shape index (κ2) is 6.67. The molecule has 17 heavy (non-hydrogen) atoms. The van der Waals surface area contributed by atoms with Crippen LogP contribution in [-0.4, -0.2) is 29.1 Å². The summed E-state index contributed by atoms with van der Waals surface area (Å²) in [6.07, 6.45) is 0.909. The van der Waals surface area contributed by atoms with Crippen LogP contribution in [0.15, 0.2) is 10.9 Å². The van der Waals surface area contributed by atoms with Crippen molar-refractivity contribution >= 4 is 11.8 Å². The van der Waals surface area contributed by atoms with E-state index in [4.69, 9.17) is 4.74 Å². The standard InChI is InChI=1S/C11H17N3O3/c1-3-8-13-9(7-10(15)14-8)12-6-5-11(16)17-4-2/h7H,3-6H2,1-2H3,(H2,12,13,14,15). The molecule has 1 heterocycles. The van der Waals surface area contributed by atoms with Gasteiger partial charge in [-0.15, -0.1) is 0 Å². The van der Waals surface area contributed by atoms with Crippen molar-refractivity contribution < 1.29 is 9.53 Å². The molecule has 0 saturated heterocycles. The minimum Gasteiger partial charge on any atom is -0.466 e. The van der Waals surface area contributed by atoms with Gasteiger partial charge < -0.3 is 15.0 Å². The van der Waals surface area contributed by atoms with Gasteiger partial charge in [0.25, 0.3) is 5.56 Å².